The summed E-state index contributed by atoms with van der Waals surface area (Å²) in [5.74, 6) is 0.586. The van der Waals surface area contributed by atoms with Crippen molar-refractivity contribution in [2.45, 2.75) is 18.9 Å². The van der Waals surface area contributed by atoms with Crippen molar-refractivity contribution in [1.82, 2.24) is 25.5 Å². The molecule has 0 fully saturated rings. The molecule has 0 unspecified atom stereocenters. The van der Waals surface area contributed by atoms with E-state index >= 15 is 0 Å². The predicted octanol–water partition coefficient (Wildman–Crippen LogP) is 3.69. The molecule has 1 aliphatic rings. The summed E-state index contributed by atoms with van der Waals surface area (Å²) in [4.78, 5) is 32.7. The number of rotatable bonds is 6. The van der Waals surface area contributed by atoms with Crippen molar-refractivity contribution in [1.29, 1.82) is 0 Å². The highest BCUT2D eigenvalue weighted by Gasteiger charge is 2.24. The molecule has 2 N–H and O–H groups in total. The highest BCUT2D eigenvalue weighted by molar-refractivity contribution is 5.94. The molecule has 170 valence electrons. The van der Waals surface area contributed by atoms with Gasteiger partial charge in [0.1, 0.15) is 16.8 Å². The maximum atomic E-state index is 13.2. The van der Waals surface area contributed by atoms with Crippen LogP contribution < -0.4 is 10.9 Å². The Morgan fingerprint density at radius 2 is 2.12 bits per heavy atom. The first kappa shape index (κ1) is 21.3. The van der Waals surface area contributed by atoms with Gasteiger partial charge in [-0.15, -0.1) is 5.10 Å². The maximum absolute atomic E-state index is 13.2. The zero-order valence-corrected chi connectivity index (χ0v) is 18.3. The number of carbonyl (C=O) groups excluding carboxylic acids is 1. The van der Waals surface area contributed by atoms with Crippen molar-refractivity contribution in [2.75, 3.05) is 7.11 Å². The molecule has 5 rings (SSSR count). The number of hydrogen-bond acceptors (Lipinski definition) is 7. The number of fused-ring (bicyclic) bond motifs is 1. The monoisotopic (exact) mass is 455 g/mol. The van der Waals surface area contributed by atoms with Crippen molar-refractivity contribution in [3.63, 3.8) is 0 Å². The first-order chi connectivity index (χ1) is 16.6. The van der Waals surface area contributed by atoms with E-state index in [1.165, 1.54) is 12.4 Å². The molecule has 1 atom stereocenters. The number of hydrogen-bond donors (Lipinski definition) is 2. The molecule has 0 aliphatic heterocycles. The predicted molar refractivity (Wildman–Crippen MR) is 125 cm³/mol. The standard InChI is InChI=1S/C25H21N5O4/c1-33-18-7-4-15(5-8-18)22(17-6-9-21-16(13-17)10-12-34-21)28-24(31)19-14-26-23(29-25(19)32)20-3-2-11-27-30-20/h2-4,6-7,9-14,22H,5,8H2,1H3,(H,28,31)(H,26,29,32)/t22-/m1/s1. The largest absolute Gasteiger partial charge is 0.501 e. The molecule has 3 heterocycles. The summed E-state index contributed by atoms with van der Waals surface area (Å²) in [6, 6.07) is 10.5. The van der Waals surface area contributed by atoms with Gasteiger partial charge in [-0.3, -0.25) is 9.59 Å². The summed E-state index contributed by atoms with van der Waals surface area (Å²) in [5.41, 5.74) is 2.39. The van der Waals surface area contributed by atoms with Crippen LogP contribution in [0.2, 0.25) is 0 Å². The topological polar surface area (TPSA) is 123 Å². The third-order valence-corrected chi connectivity index (χ3v) is 5.72. The van der Waals surface area contributed by atoms with E-state index in [2.05, 4.69) is 25.5 Å². The minimum Gasteiger partial charge on any atom is -0.501 e. The molecule has 1 aliphatic carbocycles. The molecule has 9 heteroatoms. The molecule has 1 amide bonds. The number of amides is 1. The first-order valence-electron chi connectivity index (χ1n) is 10.7. The van der Waals surface area contributed by atoms with Gasteiger partial charge in [-0.05, 0) is 54.0 Å². The number of H-pyrrole nitrogens is 1. The number of aromatic nitrogens is 4. The number of ether oxygens (including phenoxy) is 1. The number of methoxy groups -OCH3 is 1. The van der Waals surface area contributed by atoms with Crippen LogP contribution in [0.3, 0.4) is 0 Å². The smallest absolute Gasteiger partial charge is 0.264 e. The highest BCUT2D eigenvalue weighted by atomic mass is 16.5. The zero-order chi connectivity index (χ0) is 23.5. The molecule has 0 saturated carbocycles. The second-order valence-electron chi connectivity index (χ2n) is 7.79. The van der Waals surface area contributed by atoms with E-state index in [0.29, 0.717) is 12.1 Å². The van der Waals surface area contributed by atoms with Crippen LogP contribution in [0.15, 0.2) is 87.8 Å². The summed E-state index contributed by atoms with van der Waals surface area (Å²) in [7, 11) is 1.64. The van der Waals surface area contributed by atoms with Crippen LogP contribution in [0.4, 0.5) is 0 Å². The second-order valence-corrected chi connectivity index (χ2v) is 7.79. The zero-order valence-electron chi connectivity index (χ0n) is 18.3. The Hall–Kier alpha value is -4.53. The average Bonchev–Trinajstić information content (AvgIpc) is 3.36. The van der Waals surface area contributed by atoms with E-state index in [-0.39, 0.29) is 11.4 Å². The summed E-state index contributed by atoms with van der Waals surface area (Å²) in [6.07, 6.45) is 9.68. The molecule has 4 aromatic rings. The molecular weight excluding hydrogens is 434 g/mol. The Labute approximate surface area is 194 Å². The lowest BCUT2D eigenvalue weighted by Crippen LogP contribution is -2.34. The number of nitrogens with zero attached hydrogens (tertiary/aromatic N) is 3. The van der Waals surface area contributed by atoms with Gasteiger partial charge >= 0.3 is 0 Å². The fraction of sp³-hybridized carbons (Fsp3) is 0.160. The molecule has 0 saturated heterocycles. The first-order valence-corrected chi connectivity index (χ1v) is 10.7. The van der Waals surface area contributed by atoms with Crippen molar-refractivity contribution in [2.24, 2.45) is 0 Å². The minimum atomic E-state index is -0.559. The Bertz CT molecular complexity index is 1470. The lowest BCUT2D eigenvalue weighted by Gasteiger charge is -2.25. The van der Waals surface area contributed by atoms with Gasteiger partial charge in [0.15, 0.2) is 5.82 Å². The minimum absolute atomic E-state index is 0.0911. The molecule has 0 bridgehead atoms. The lowest BCUT2D eigenvalue weighted by molar-refractivity contribution is 0.0939. The maximum Gasteiger partial charge on any atom is 0.264 e. The van der Waals surface area contributed by atoms with Gasteiger partial charge in [0.05, 0.1) is 25.2 Å². The van der Waals surface area contributed by atoms with Gasteiger partial charge in [-0.1, -0.05) is 12.1 Å². The van der Waals surface area contributed by atoms with E-state index in [1.807, 2.05) is 36.4 Å². The van der Waals surface area contributed by atoms with Crippen LogP contribution in [0, 0.1) is 0 Å². The number of furan rings is 1. The van der Waals surface area contributed by atoms with Crippen molar-refractivity contribution >= 4 is 16.9 Å². The number of benzene rings is 1. The Morgan fingerprint density at radius 1 is 1.21 bits per heavy atom. The van der Waals surface area contributed by atoms with E-state index < -0.39 is 17.5 Å². The molecule has 9 nitrogen and oxygen atoms in total. The molecule has 1 aromatic carbocycles. The normalized spacial score (nSPS) is 14.3. The molecule has 34 heavy (non-hydrogen) atoms. The lowest BCUT2D eigenvalue weighted by atomic mass is 9.91. The van der Waals surface area contributed by atoms with Gasteiger partial charge in [0.2, 0.25) is 0 Å². The molecule has 3 aromatic heterocycles. The van der Waals surface area contributed by atoms with Gasteiger partial charge in [0, 0.05) is 24.2 Å². The fourth-order valence-corrected chi connectivity index (χ4v) is 3.92. The van der Waals surface area contributed by atoms with Crippen LogP contribution in [0.25, 0.3) is 22.5 Å². The number of carbonyl (C=O) groups is 1. The highest BCUT2D eigenvalue weighted by Crippen LogP contribution is 2.32. The van der Waals surface area contributed by atoms with Crippen LogP contribution in [0.1, 0.15) is 34.8 Å². The molecule has 0 spiro atoms. The van der Waals surface area contributed by atoms with E-state index in [0.717, 1.165) is 34.3 Å². The summed E-state index contributed by atoms with van der Waals surface area (Å²) < 4.78 is 10.8. The second kappa shape index (κ2) is 9.14. The van der Waals surface area contributed by atoms with E-state index in [1.54, 1.807) is 25.5 Å². The Kier molecular flexibility index (Phi) is 5.73. The van der Waals surface area contributed by atoms with Crippen molar-refractivity contribution in [3.8, 4) is 11.5 Å². The van der Waals surface area contributed by atoms with Gasteiger partial charge in [0.25, 0.3) is 11.5 Å². The van der Waals surface area contributed by atoms with Gasteiger partial charge in [-0.25, -0.2) is 4.98 Å². The van der Waals surface area contributed by atoms with E-state index in [4.69, 9.17) is 9.15 Å². The number of nitrogens with one attached hydrogen (secondary N) is 2. The summed E-state index contributed by atoms with van der Waals surface area (Å²) >= 11 is 0. The Morgan fingerprint density at radius 3 is 2.85 bits per heavy atom. The Balaban J connectivity index is 1.47. The van der Waals surface area contributed by atoms with Crippen LogP contribution >= 0.6 is 0 Å². The third kappa shape index (κ3) is 4.23. The van der Waals surface area contributed by atoms with Crippen LogP contribution in [-0.4, -0.2) is 33.2 Å². The molecular formula is C25H21N5O4. The van der Waals surface area contributed by atoms with Crippen molar-refractivity contribution in [3.05, 3.63) is 100 Å². The fourth-order valence-electron chi connectivity index (χ4n) is 3.92. The average molecular weight is 455 g/mol. The summed E-state index contributed by atoms with van der Waals surface area (Å²) in [5, 5.41) is 11.7. The quantitative estimate of drug-likeness (QED) is 0.454. The summed E-state index contributed by atoms with van der Waals surface area (Å²) in [6.45, 7) is 0. The third-order valence-electron chi connectivity index (χ3n) is 5.72. The molecule has 0 radical (unpaired) electrons. The van der Waals surface area contributed by atoms with Gasteiger partial charge < -0.3 is 19.5 Å². The van der Waals surface area contributed by atoms with Crippen LogP contribution in [0.5, 0.6) is 0 Å². The van der Waals surface area contributed by atoms with Crippen molar-refractivity contribution < 1.29 is 13.9 Å². The SMILES string of the molecule is COC1=CC=C([C@@H](NC(=O)c2cnc(-c3cccnn3)[nH]c2=O)c2ccc3occc3c2)CC1. The van der Waals surface area contributed by atoms with Gasteiger partial charge in [-0.2, -0.15) is 5.10 Å². The number of aromatic amines is 1. The number of allylic oxidation sites excluding steroid dienone is 3. The van der Waals surface area contributed by atoms with E-state index in [9.17, 15) is 9.59 Å². The van der Waals surface area contributed by atoms with Crippen LogP contribution in [-0.2, 0) is 4.74 Å².